The van der Waals surface area contributed by atoms with Crippen molar-refractivity contribution in [2.24, 2.45) is 0 Å². The van der Waals surface area contributed by atoms with Crippen molar-refractivity contribution in [1.29, 1.82) is 0 Å². The zero-order valence-electron chi connectivity index (χ0n) is 16.7. The van der Waals surface area contributed by atoms with Gasteiger partial charge < -0.3 is 19.4 Å². The van der Waals surface area contributed by atoms with Crippen molar-refractivity contribution in [2.75, 3.05) is 6.61 Å². The van der Waals surface area contributed by atoms with E-state index >= 15 is 0 Å². The second kappa shape index (κ2) is 9.58. The van der Waals surface area contributed by atoms with E-state index in [2.05, 4.69) is 5.32 Å². The third-order valence-corrected chi connectivity index (χ3v) is 4.99. The summed E-state index contributed by atoms with van der Waals surface area (Å²) in [7, 11) is 0. The number of rotatable bonds is 7. The van der Waals surface area contributed by atoms with Gasteiger partial charge in [-0.3, -0.25) is 9.59 Å². The molecule has 0 aliphatic heterocycles. The lowest BCUT2D eigenvalue weighted by molar-refractivity contribution is -0.155. The summed E-state index contributed by atoms with van der Waals surface area (Å²) in [5, 5.41) is 2.96. The van der Waals surface area contributed by atoms with Crippen molar-refractivity contribution in [3.05, 3.63) is 23.0 Å². The van der Waals surface area contributed by atoms with Gasteiger partial charge in [-0.1, -0.05) is 19.3 Å². The molecular formula is C20H30N2O5. The van der Waals surface area contributed by atoms with Gasteiger partial charge in [0.25, 0.3) is 5.91 Å². The smallest absolute Gasteiger partial charge is 0.339 e. The van der Waals surface area contributed by atoms with E-state index in [9.17, 15) is 14.4 Å². The van der Waals surface area contributed by atoms with Gasteiger partial charge in [0.1, 0.15) is 6.54 Å². The van der Waals surface area contributed by atoms with E-state index < -0.39 is 18.0 Å². The van der Waals surface area contributed by atoms with Gasteiger partial charge in [0.05, 0.1) is 12.2 Å². The van der Waals surface area contributed by atoms with Gasteiger partial charge in [-0.05, 0) is 46.6 Å². The summed E-state index contributed by atoms with van der Waals surface area (Å²) in [5.41, 5.74) is 1.83. The SMILES string of the molecule is CCOC(=O)c1cc(C)n(CC(=O)OC(C)C(=O)NC2CCCCC2)c1C. The zero-order chi connectivity index (χ0) is 20.0. The van der Waals surface area contributed by atoms with Gasteiger partial charge in [-0.25, -0.2) is 4.79 Å². The van der Waals surface area contributed by atoms with Crippen LogP contribution in [0.2, 0.25) is 0 Å². The molecule has 2 rings (SSSR count). The number of carbonyl (C=O) groups is 3. The molecular weight excluding hydrogens is 348 g/mol. The molecule has 1 aromatic rings. The molecule has 1 N–H and O–H groups in total. The number of aryl methyl sites for hydroxylation is 1. The highest BCUT2D eigenvalue weighted by atomic mass is 16.5. The Morgan fingerprint density at radius 3 is 2.52 bits per heavy atom. The summed E-state index contributed by atoms with van der Waals surface area (Å²) in [5.74, 6) is -1.19. The van der Waals surface area contributed by atoms with Crippen LogP contribution in [0.1, 0.15) is 67.7 Å². The summed E-state index contributed by atoms with van der Waals surface area (Å²) in [4.78, 5) is 36.5. The Morgan fingerprint density at radius 1 is 1.22 bits per heavy atom. The van der Waals surface area contributed by atoms with Crippen molar-refractivity contribution in [3.8, 4) is 0 Å². The Hall–Kier alpha value is -2.31. The average molecular weight is 378 g/mol. The molecule has 1 aliphatic carbocycles. The van der Waals surface area contributed by atoms with Crippen LogP contribution in [-0.4, -0.2) is 41.2 Å². The first-order valence-electron chi connectivity index (χ1n) is 9.67. The van der Waals surface area contributed by atoms with Crippen LogP contribution in [0.4, 0.5) is 0 Å². The highest BCUT2D eigenvalue weighted by Gasteiger charge is 2.24. The number of nitrogens with zero attached hydrogens (tertiary/aromatic N) is 1. The molecule has 1 fully saturated rings. The molecule has 1 unspecified atom stereocenters. The fraction of sp³-hybridized carbons (Fsp3) is 0.650. The van der Waals surface area contributed by atoms with Crippen LogP contribution < -0.4 is 5.32 Å². The number of ether oxygens (including phenoxy) is 2. The molecule has 0 spiro atoms. The minimum absolute atomic E-state index is 0.0574. The topological polar surface area (TPSA) is 86.6 Å². The van der Waals surface area contributed by atoms with E-state index in [1.807, 2.05) is 6.92 Å². The van der Waals surface area contributed by atoms with Gasteiger partial charge >= 0.3 is 11.9 Å². The van der Waals surface area contributed by atoms with E-state index in [4.69, 9.17) is 9.47 Å². The lowest BCUT2D eigenvalue weighted by Gasteiger charge is -2.24. The Labute approximate surface area is 160 Å². The standard InChI is InChI=1S/C20H30N2O5/c1-5-26-20(25)17-11-13(2)22(14(17)3)12-18(23)27-15(4)19(24)21-16-9-7-6-8-10-16/h11,15-16H,5-10,12H2,1-4H3,(H,21,24). The van der Waals surface area contributed by atoms with Crippen LogP contribution in [0.3, 0.4) is 0 Å². The molecule has 27 heavy (non-hydrogen) atoms. The summed E-state index contributed by atoms with van der Waals surface area (Å²) in [6.07, 6.45) is 4.55. The molecule has 1 atom stereocenters. The molecule has 7 heteroatoms. The lowest BCUT2D eigenvalue weighted by Crippen LogP contribution is -2.43. The number of esters is 2. The van der Waals surface area contributed by atoms with Crippen LogP contribution in [0, 0.1) is 13.8 Å². The van der Waals surface area contributed by atoms with Crippen LogP contribution >= 0.6 is 0 Å². The summed E-state index contributed by atoms with van der Waals surface area (Å²) in [6.45, 7) is 7.12. The van der Waals surface area contributed by atoms with Gasteiger partial charge in [-0.15, -0.1) is 0 Å². The first-order valence-corrected chi connectivity index (χ1v) is 9.67. The fourth-order valence-electron chi connectivity index (χ4n) is 3.44. The van der Waals surface area contributed by atoms with Crippen LogP contribution in [0.15, 0.2) is 6.07 Å². The number of nitrogens with one attached hydrogen (secondary N) is 1. The van der Waals surface area contributed by atoms with Gasteiger partial charge in [0, 0.05) is 17.4 Å². The quantitative estimate of drug-likeness (QED) is 0.737. The number of aromatic nitrogens is 1. The Kier molecular flexibility index (Phi) is 7.45. The molecule has 0 aromatic carbocycles. The maximum Gasteiger partial charge on any atom is 0.339 e. The average Bonchev–Trinajstić information content (AvgIpc) is 2.91. The number of hydrogen-bond donors (Lipinski definition) is 1. The molecule has 1 aromatic heterocycles. The Balaban J connectivity index is 1.92. The molecule has 0 saturated heterocycles. The molecule has 0 bridgehead atoms. The van der Waals surface area contributed by atoms with E-state index in [1.54, 1.807) is 31.4 Å². The predicted octanol–water partition coefficient (Wildman–Crippen LogP) is 2.66. The summed E-state index contributed by atoms with van der Waals surface area (Å²) >= 11 is 0. The normalized spacial score (nSPS) is 15.9. The zero-order valence-corrected chi connectivity index (χ0v) is 16.7. The highest BCUT2D eigenvalue weighted by Crippen LogP contribution is 2.18. The number of carbonyl (C=O) groups excluding carboxylic acids is 3. The van der Waals surface area contributed by atoms with Crippen LogP contribution in [0.25, 0.3) is 0 Å². The van der Waals surface area contributed by atoms with E-state index in [1.165, 1.54) is 6.42 Å². The summed E-state index contributed by atoms with van der Waals surface area (Å²) < 4.78 is 12.0. The number of amides is 1. The first-order chi connectivity index (χ1) is 12.8. The molecule has 1 amide bonds. The van der Waals surface area contributed by atoms with Crippen molar-refractivity contribution in [2.45, 2.75) is 78.5 Å². The first kappa shape index (κ1) is 21.0. The third-order valence-electron chi connectivity index (χ3n) is 4.99. The maximum absolute atomic E-state index is 12.3. The monoisotopic (exact) mass is 378 g/mol. The van der Waals surface area contributed by atoms with E-state index in [0.29, 0.717) is 11.3 Å². The Morgan fingerprint density at radius 2 is 1.89 bits per heavy atom. The fourth-order valence-corrected chi connectivity index (χ4v) is 3.44. The Bertz CT molecular complexity index is 689. The third kappa shape index (κ3) is 5.58. The molecule has 7 nitrogen and oxygen atoms in total. The van der Waals surface area contributed by atoms with E-state index in [-0.39, 0.29) is 25.1 Å². The van der Waals surface area contributed by atoms with Gasteiger partial charge in [0.15, 0.2) is 6.10 Å². The van der Waals surface area contributed by atoms with Gasteiger partial charge in [-0.2, -0.15) is 0 Å². The second-order valence-corrected chi connectivity index (χ2v) is 7.07. The predicted molar refractivity (Wildman–Crippen MR) is 100 cm³/mol. The summed E-state index contributed by atoms with van der Waals surface area (Å²) in [6, 6.07) is 1.87. The van der Waals surface area contributed by atoms with Crippen molar-refractivity contribution < 1.29 is 23.9 Å². The largest absolute Gasteiger partial charge is 0.462 e. The van der Waals surface area contributed by atoms with Crippen molar-refractivity contribution in [3.63, 3.8) is 0 Å². The van der Waals surface area contributed by atoms with Crippen LogP contribution in [-0.2, 0) is 25.6 Å². The van der Waals surface area contributed by atoms with Gasteiger partial charge in [0.2, 0.25) is 0 Å². The van der Waals surface area contributed by atoms with E-state index in [0.717, 1.165) is 31.4 Å². The molecule has 150 valence electrons. The van der Waals surface area contributed by atoms with Crippen molar-refractivity contribution in [1.82, 2.24) is 9.88 Å². The van der Waals surface area contributed by atoms with Crippen molar-refractivity contribution >= 4 is 17.8 Å². The maximum atomic E-state index is 12.3. The second-order valence-electron chi connectivity index (χ2n) is 7.07. The lowest BCUT2D eigenvalue weighted by atomic mass is 9.95. The molecule has 0 radical (unpaired) electrons. The number of hydrogen-bond acceptors (Lipinski definition) is 5. The molecule has 1 aliphatic rings. The molecule has 1 saturated carbocycles. The minimum atomic E-state index is -0.847. The minimum Gasteiger partial charge on any atom is -0.462 e. The molecule has 1 heterocycles. The highest BCUT2D eigenvalue weighted by molar-refractivity contribution is 5.91. The van der Waals surface area contributed by atoms with Crippen LogP contribution in [0.5, 0.6) is 0 Å².